The minimum Gasteiger partial charge on any atom is -0.316 e. The van der Waals surface area contributed by atoms with Gasteiger partial charge >= 0.3 is 0 Å². The van der Waals surface area contributed by atoms with Crippen LogP contribution in [-0.4, -0.2) is 13.1 Å². The van der Waals surface area contributed by atoms with Gasteiger partial charge in [0.2, 0.25) is 0 Å². The van der Waals surface area contributed by atoms with E-state index in [-0.39, 0.29) is 0 Å². The standard InChI is InChI=1S/C14H20BrN/c1-2-16-11-14(9-5-6-10-14)12-7-3-4-8-13(12)15/h3-4,7-8,16H,2,5-6,9-11H2,1H3. The number of halogens is 1. The van der Waals surface area contributed by atoms with Gasteiger partial charge in [-0.2, -0.15) is 0 Å². The molecule has 1 N–H and O–H groups in total. The summed E-state index contributed by atoms with van der Waals surface area (Å²) in [7, 11) is 0. The average Bonchev–Trinajstić information content (AvgIpc) is 2.77. The molecule has 0 atom stereocenters. The fourth-order valence-electron chi connectivity index (χ4n) is 2.85. The Labute approximate surface area is 107 Å². The first kappa shape index (κ1) is 12.1. The van der Waals surface area contributed by atoms with Crippen molar-refractivity contribution >= 4 is 15.9 Å². The minimum atomic E-state index is 0.371. The number of likely N-dealkylation sites (N-methyl/N-ethyl adjacent to an activating group) is 1. The average molecular weight is 282 g/mol. The van der Waals surface area contributed by atoms with Gasteiger partial charge in [-0.05, 0) is 31.0 Å². The molecule has 2 rings (SSSR count). The molecule has 0 aliphatic heterocycles. The fourth-order valence-corrected chi connectivity index (χ4v) is 3.55. The van der Waals surface area contributed by atoms with Crippen LogP contribution in [0.3, 0.4) is 0 Å². The monoisotopic (exact) mass is 281 g/mol. The number of hydrogen-bond donors (Lipinski definition) is 1. The number of benzene rings is 1. The lowest BCUT2D eigenvalue weighted by atomic mass is 9.79. The predicted molar refractivity (Wildman–Crippen MR) is 72.8 cm³/mol. The Bertz CT molecular complexity index is 342. The van der Waals surface area contributed by atoms with Crippen LogP contribution in [0.5, 0.6) is 0 Å². The van der Waals surface area contributed by atoms with Gasteiger partial charge in [0, 0.05) is 16.4 Å². The summed E-state index contributed by atoms with van der Waals surface area (Å²) in [5.41, 5.74) is 1.87. The number of nitrogens with one attached hydrogen (secondary N) is 1. The Hall–Kier alpha value is -0.340. The molecular weight excluding hydrogens is 262 g/mol. The van der Waals surface area contributed by atoms with Crippen LogP contribution >= 0.6 is 15.9 Å². The van der Waals surface area contributed by atoms with Crippen molar-refractivity contribution in [2.24, 2.45) is 0 Å². The predicted octanol–water partition coefficient (Wildman–Crippen LogP) is 3.87. The van der Waals surface area contributed by atoms with Gasteiger partial charge in [-0.3, -0.25) is 0 Å². The summed E-state index contributed by atoms with van der Waals surface area (Å²) in [6.07, 6.45) is 5.38. The second-order valence-electron chi connectivity index (χ2n) is 4.75. The topological polar surface area (TPSA) is 12.0 Å². The second kappa shape index (κ2) is 5.33. The Kier molecular flexibility index (Phi) is 4.04. The Morgan fingerprint density at radius 3 is 2.56 bits per heavy atom. The van der Waals surface area contributed by atoms with Crippen molar-refractivity contribution in [3.8, 4) is 0 Å². The third-order valence-electron chi connectivity index (χ3n) is 3.72. The highest BCUT2D eigenvalue weighted by molar-refractivity contribution is 9.10. The van der Waals surface area contributed by atoms with E-state index >= 15 is 0 Å². The molecule has 0 unspecified atom stereocenters. The van der Waals surface area contributed by atoms with Crippen molar-refractivity contribution < 1.29 is 0 Å². The van der Waals surface area contributed by atoms with E-state index in [9.17, 15) is 0 Å². The molecule has 0 spiro atoms. The maximum atomic E-state index is 3.71. The molecule has 0 saturated heterocycles. The van der Waals surface area contributed by atoms with Crippen molar-refractivity contribution in [2.45, 2.75) is 38.0 Å². The fraction of sp³-hybridized carbons (Fsp3) is 0.571. The molecule has 0 heterocycles. The highest BCUT2D eigenvalue weighted by Crippen LogP contribution is 2.43. The summed E-state index contributed by atoms with van der Waals surface area (Å²) in [5, 5.41) is 3.54. The van der Waals surface area contributed by atoms with Crippen LogP contribution in [0.4, 0.5) is 0 Å². The van der Waals surface area contributed by atoms with Crippen LogP contribution in [-0.2, 0) is 5.41 Å². The first-order valence-corrected chi connectivity index (χ1v) is 7.03. The minimum absolute atomic E-state index is 0.371. The van der Waals surface area contributed by atoms with Crippen molar-refractivity contribution in [3.63, 3.8) is 0 Å². The molecule has 1 nitrogen and oxygen atoms in total. The van der Waals surface area contributed by atoms with Crippen molar-refractivity contribution in [2.75, 3.05) is 13.1 Å². The molecule has 16 heavy (non-hydrogen) atoms. The Balaban J connectivity index is 2.28. The van der Waals surface area contributed by atoms with Gasteiger partial charge in [0.05, 0.1) is 0 Å². The van der Waals surface area contributed by atoms with Crippen LogP contribution in [0.2, 0.25) is 0 Å². The summed E-state index contributed by atoms with van der Waals surface area (Å²) in [5.74, 6) is 0. The maximum Gasteiger partial charge on any atom is 0.0213 e. The van der Waals surface area contributed by atoms with Crippen LogP contribution in [0.1, 0.15) is 38.2 Å². The van der Waals surface area contributed by atoms with Crippen molar-refractivity contribution in [3.05, 3.63) is 34.3 Å². The zero-order valence-corrected chi connectivity index (χ0v) is 11.5. The zero-order chi connectivity index (χ0) is 11.4. The van der Waals surface area contributed by atoms with Crippen LogP contribution in [0.25, 0.3) is 0 Å². The van der Waals surface area contributed by atoms with E-state index in [1.165, 1.54) is 35.7 Å². The molecule has 1 aliphatic rings. The van der Waals surface area contributed by atoms with Gasteiger partial charge in [-0.1, -0.05) is 53.9 Å². The van der Waals surface area contributed by atoms with Gasteiger partial charge in [-0.15, -0.1) is 0 Å². The quantitative estimate of drug-likeness (QED) is 0.884. The summed E-state index contributed by atoms with van der Waals surface area (Å²) < 4.78 is 1.27. The lowest BCUT2D eigenvalue weighted by Crippen LogP contribution is -2.36. The van der Waals surface area contributed by atoms with Gasteiger partial charge in [0.1, 0.15) is 0 Å². The first-order valence-electron chi connectivity index (χ1n) is 6.24. The highest BCUT2D eigenvalue weighted by Gasteiger charge is 2.36. The van der Waals surface area contributed by atoms with Crippen LogP contribution in [0.15, 0.2) is 28.7 Å². The molecule has 0 amide bonds. The van der Waals surface area contributed by atoms with Gasteiger partial charge in [0.25, 0.3) is 0 Å². The summed E-state index contributed by atoms with van der Waals surface area (Å²) in [4.78, 5) is 0. The molecule has 0 bridgehead atoms. The SMILES string of the molecule is CCNCC1(c2ccccc2Br)CCCC1. The van der Waals surface area contributed by atoms with E-state index in [1.54, 1.807) is 0 Å². The Morgan fingerprint density at radius 1 is 1.25 bits per heavy atom. The zero-order valence-electron chi connectivity index (χ0n) is 9.93. The summed E-state index contributed by atoms with van der Waals surface area (Å²) in [6.45, 7) is 4.36. The number of rotatable bonds is 4. The van der Waals surface area contributed by atoms with E-state index in [0.29, 0.717) is 5.41 Å². The maximum absolute atomic E-state index is 3.71. The second-order valence-corrected chi connectivity index (χ2v) is 5.60. The molecule has 1 aliphatic carbocycles. The van der Waals surface area contributed by atoms with Crippen molar-refractivity contribution in [1.82, 2.24) is 5.32 Å². The van der Waals surface area contributed by atoms with Crippen LogP contribution in [0, 0.1) is 0 Å². The largest absolute Gasteiger partial charge is 0.316 e. The molecule has 0 radical (unpaired) electrons. The van der Waals surface area contributed by atoms with E-state index < -0.39 is 0 Å². The van der Waals surface area contributed by atoms with E-state index in [1.807, 2.05) is 0 Å². The molecule has 2 heteroatoms. The molecule has 1 aromatic rings. The Morgan fingerprint density at radius 2 is 1.94 bits per heavy atom. The van der Waals surface area contributed by atoms with Gasteiger partial charge < -0.3 is 5.32 Å². The third kappa shape index (κ3) is 2.33. The highest BCUT2D eigenvalue weighted by atomic mass is 79.9. The molecule has 88 valence electrons. The number of hydrogen-bond acceptors (Lipinski definition) is 1. The molecule has 1 saturated carbocycles. The summed E-state index contributed by atoms with van der Waals surface area (Å²) >= 11 is 3.71. The van der Waals surface area contributed by atoms with E-state index in [0.717, 1.165) is 13.1 Å². The molecular formula is C14H20BrN. The summed E-state index contributed by atoms with van der Waals surface area (Å²) in [6, 6.07) is 8.71. The lowest BCUT2D eigenvalue weighted by Gasteiger charge is -2.31. The van der Waals surface area contributed by atoms with Crippen molar-refractivity contribution in [1.29, 1.82) is 0 Å². The van der Waals surface area contributed by atoms with E-state index in [4.69, 9.17) is 0 Å². The normalized spacial score (nSPS) is 18.9. The van der Waals surface area contributed by atoms with Gasteiger partial charge in [-0.25, -0.2) is 0 Å². The first-order chi connectivity index (χ1) is 7.78. The van der Waals surface area contributed by atoms with E-state index in [2.05, 4.69) is 52.4 Å². The molecule has 0 aromatic heterocycles. The lowest BCUT2D eigenvalue weighted by molar-refractivity contribution is 0.408. The molecule has 1 fully saturated rings. The van der Waals surface area contributed by atoms with Crippen LogP contribution < -0.4 is 5.32 Å². The molecule has 1 aromatic carbocycles. The third-order valence-corrected chi connectivity index (χ3v) is 4.41. The van der Waals surface area contributed by atoms with Gasteiger partial charge in [0.15, 0.2) is 0 Å². The smallest absolute Gasteiger partial charge is 0.0213 e.